The summed E-state index contributed by atoms with van der Waals surface area (Å²) in [4.78, 5) is 23.1. The van der Waals surface area contributed by atoms with Crippen LogP contribution in [0.4, 0.5) is 0 Å². The number of rotatable bonds is 6. The number of amides is 1. The molecule has 1 rings (SSSR count). The molecule has 19 heavy (non-hydrogen) atoms. The third-order valence-corrected chi connectivity index (χ3v) is 3.00. The summed E-state index contributed by atoms with van der Waals surface area (Å²) in [5.74, 6) is -0.422. The Hall–Kier alpha value is -1.62. The minimum atomic E-state index is -0.779. The van der Waals surface area contributed by atoms with Crippen molar-refractivity contribution in [1.29, 1.82) is 0 Å². The molecule has 5 heteroatoms. The summed E-state index contributed by atoms with van der Waals surface area (Å²) in [5.41, 5.74) is 0.943. The molecule has 0 aromatic carbocycles. The van der Waals surface area contributed by atoms with Gasteiger partial charge in [-0.25, -0.2) is 4.79 Å². The maximum atomic E-state index is 11.6. The van der Waals surface area contributed by atoms with E-state index in [-0.39, 0.29) is 5.91 Å². The van der Waals surface area contributed by atoms with Gasteiger partial charge in [0.25, 0.3) is 5.91 Å². The minimum Gasteiger partial charge on any atom is -0.449 e. The molecule has 1 N–H and O–H groups in total. The summed E-state index contributed by atoms with van der Waals surface area (Å²) >= 11 is 1.55. The number of ether oxygens (including phenoxy) is 1. The van der Waals surface area contributed by atoms with Crippen LogP contribution >= 0.6 is 11.3 Å². The third kappa shape index (κ3) is 6.20. The normalized spacial score (nSPS) is 12.6. The quantitative estimate of drug-likeness (QED) is 0.644. The Morgan fingerprint density at radius 3 is 2.74 bits per heavy atom. The highest BCUT2D eigenvalue weighted by Crippen LogP contribution is 2.07. The van der Waals surface area contributed by atoms with E-state index >= 15 is 0 Å². The van der Waals surface area contributed by atoms with Crippen molar-refractivity contribution in [1.82, 2.24) is 5.32 Å². The lowest BCUT2D eigenvalue weighted by atomic mass is 10.2. The van der Waals surface area contributed by atoms with Crippen LogP contribution in [0.15, 0.2) is 22.9 Å². The summed E-state index contributed by atoms with van der Waals surface area (Å²) in [6, 6.07) is 1.90. The van der Waals surface area contributed by atoms with E-state index in [1.54, 1.807) is 24.3 Å². The Morgan fingerprint density at radius 2 is 2.16 bits per heavy atom. The van der Waals surface area contributed by atoms with Crippen LogP contribution in [0.1, 0.15) is 26.3 Å². The van der Waals surface area contributed by atoms with Crippen LogP contribution in [-0.4, -0.2) is 24.5 Å². The fraction of sp³-hybridized carbons (Fsp3) is 0.429. The molecule has 0 bridgehead atoms. The van der Waals surface area contributed by atoms with Crippen LogP contribution in [0, 0.1) is 5.92 Å². The van der Waals surface area contributed by atoms with Gasteiger partial charge in [-0.1, -0.05) is 13.8 Å². The maximum Gasteiger partial charge on any atom is 0.331 e. The molecule has 0 saturated heterocycles. The van der Waals surface area contributed by atoms with Crippen molar-refractivity contribution >= 4 is 29.3 Å². The van der Waals surface area contributed by atoms with E-state index in [4.69, 9.17) is 4.74 Å². The van der Waals surface area contributed by atoms with E-state index in [1.165, 1.54) is 6.08 Å². The zero-order valence-electron chi connectivity index (χ0n) is 11.4. The highest BCUT2D eigenvalue weighted by molar-refractivity contribution is 7.08. The van der Waals surface area contributed by atoms with Gasteiger partial charge in [-0.05, 0) is 41.3 Å². The van der Waals surface area contributed by atoms with E-state index in [1.807, 2.05) is 30.7 Å². The lowest BCUT2D eigenvalue weighted by Crippen LogP contribution is -2.37. The first-order valence-corrected chi connectivity index (χ1v) is 7.12. The summed E-state index contributed by atoms with van der Waals surface area (Å²) in [7, 11) is 0. The average molecular weight is 281 g/mol. The van der Waals surface area contributed by atoms with E-state index in [2.05, 4.69) is 5.32 Å². The first kappa shape index (κ1) is 15.4. The lowest BCUT2D eigenvalue weighted by molar-refractivity contribution is -0.150. The smallest absolute Gasteiger partial charge is 0.331 e. The van der Waals surface area contributed by atoms with Crippen LogP contribution in [0.5, 0.6) is 0 Å². The Morgan fingerprint density at radius 1 is 1.42 bits per heavy atom. The molecular weight excluding hydrogens is 262 g/mol. The number of hydrogen-bond donors (Lipinski definition) is 1. The third-order valence-electron chi connectivity index (χ3n) is 2.30. The molecule has 0 radical (unpaired) electrons. The standard InChI is InChI=1S/C14H19NO3S/c1-10(2)8-15-14(17)11(3)18-13(16)5-4-12-6-7-19-9-12/h4-7,9-11H,8H2,1-3H3,(H,15,17)/b5-4+/t11-/m0/s1. The number of esters is 1. The second kappa shape index (κ2) is 7.74. The summed E-state index contributed by atoms with van der Waals surface area (Å²) in [6.07, 6.45) is 2.21. The van der Waals surface area contributed by atoms with Crippen LogP contribution in [0.2, 0.25) is 0 Å². The molecule has 0 aliphatic carbocycles. The van der Waals surface area contributed by atoms with Crippen molar-refractivity contribution in [3.8, 4) is 0 Å². The van der Waals surface area contributed by atoms with Crippen molar-refractivity contribution in [2.75, 3.05) is 6.54 Å². The first-order valence-electron chi connectivity index (χ1n) is 6.17. The lowest BCUT2D eigenvalue weighted by Gasteiger charge is -2.13. The highest BCUT2D eigenvalue weighted by atomic mass is 32.1. The second-order valence-electron chi connectivity index (χ2n) is 4.61. The van der Waals surface area contributed by atoms with Crippen LogP contribution in [0.25, 0.3) is 6.08 Å². The summed E-state index contributed by atoms with van der Waals surface area (Å²) < 4.78 is 5.01. The van der Waals surface area contributed by atoms with Gasteiger partial charge in [-0.3, -0.25) is 4.79 Å². The zero-order chi connectivity index (χ0) is 14.3. The van der Waals surface area contributed by atoms with Crippen molar-refractivity contribution in [2.45, 2.75) is 26.9 Å². The van der Waals surface area contributed by atoms with Crippen LogP contribution in [0.3, 0.4) is 0 Å². The van der Waals surface area contributed by atoms with Crippen LogP contribution in [-0.2, 0) is 14.3 Å². The summed E-state index contributed by atoms with van der Waals surface area (Å²) in [6.45, 7) is 6.14. The molecular formula is C14H19NO3S. The van der Waals surface area contributed by atoms with Crippen molar-refractivity contribution in [2.24, 2.45) is 5.92 Å². The van der Waals surface area contributed by atoms with E-state index in [9.17, 15) is 9.59 Å². The first-order chi connectivity index (χ1) is 8.99. The molecule has 4 nitrogen and oxygen atoms in total. The van der Waals surface area contributed by atoms with Gasteiger partial charge in [0, 0.05) is 12.6 Å². The molecule has 1 atom stereocenters. The number of carbonyl (C=O) groups excluding carboxylic acids is 2. The molecule has 0 aliphatic rings. The van der Waals surface area contributed by atoms with Gasteiger partial charge < -0.3 is 10.1 Å². The van der Waals surface area contributed by atoms with Gasteiger partial charge in [-0.15, -0.1) is 0 Å². The molecule has 0 saturated carbocycles. The predicted molar refractivity (Wildman–Crippen MR) is 76.8 cm³/mol. The Labute approximate surface area is 117 Å². The second-order valence-corrected chi connectivity index (χ2v) is 5.39. The molecule has 104 valence electrons. The van der Waals surface area contributed by atoms with Gasteiger partial charge in [0.05, 0.1) is 0 Å². The van der Waals surface area contributed by atoms with Gasteiger partial charge in [0.15, 0.2) is 6.10 Å². The Balaban J connectivity index is 2.37. The fourth-order valence-corrected chi connectivity index (χ4v) is 1.88. The van der Waals surface area contributed by atoms with Gasteiger partial charge in [0.2, 0.25) is 0 Å². The minimum absolute atomic E-state index is 0.272. The molecule has 0 fully saturated rings. The summed E-state index contributed by atoms with van der Waals surface area (Å²) in [5, 5.41) is 6.56. The monoisotopic (exact) mass is 281 g/mol. The van der Waals surface area contributed by atoms with E-state index in [0.29, 0.717) is 12.5 Å². The maximum absolute atomic E-state index is 11.6. The zero-order valence-corrected chi connectivity index (χ0v) is 12.2. The van der Waals surface area contributed by atoms with Gasteiger partial charge in [-0.2, -0.15) is 11.3 Å². The van der Waals surface area contributed by atoms with Crippen molar-refractivity contribution in [3.05, 3.63) is 28.5 Å². The van der Waals surface area contributed by atoms with Crippen LogP contribution < -0.4 is 5.32 Å². The van der Waals surface area contributed by atoms with Gasteiger partial charge >= 0.3 is 5.97 Å². The number of nitrogens with one attached hydrogen (secondary N) is 1. The molecule has 1 aromatic heterocycles. The van der Waals surface area contributed by atoms with E-state index in [0.717, 1.165) is 5.56 Å². The molecule has 0 spiro atoms. The molecule has 0 aliphatic heterocycles. The molecule has 0 unspecified atom stereocenters. The number of carbonyl (C=O) groups is 2. The van der Waals surface area contributed by atoms with Crippen molar-refractivity contribution < 1.29 is 14.3 Å². The van der Waals surface area contributed by atoms with Gasteiger partial charge in [0.1, 0.15) is 0 Å². The number of thiophene rings is 1. The Kier molecular flexibility index (Phi) is 6.29. The van der Waals surface area contributed by atoms with E-state index < -0.39 is 12.1 Å². The average Bonchev–Trinajstić information content (AvgIpc) is 2.86. The predicted octanol–water partition coefficient (Wildman–Crippen LogP) is 2.47. The Bertz CT molecular complexity index is 438. The molecule has 1 heterocycles. The largest absolute Gasteiger partial charge is 0.449 e. The number of hydrogen-bond acceptors (Lipinski definition) is 4. The molecule has 1 amide bonds. The SMILES string of the molecule is CC(C)CNC(=O)[C@H](C)OC(=O)/C=C/c1ccsc1. The van der Waals surface area contributed by atoms with Crippen molar-refractivity contribution in [3.63, 3.8) is 0 Å². The highest BCUT2D eigenvalue weighted by Gasteiger charge is 2.16. The fourth-order valence-electron chi connectivity index (χ4n) is 1.25. The molecule has 1 aromatic rings. The topological polar surface area (TPSA) is 55.4 Å².